The summed E-state index contributed by atoms with van der Waals surface area (Å²) in [6, 6.07) is 2.05. The molecule has 2 aliphatic rings. The van der Waals surface area contributed by atoms with Gasteiger partial charge in [-0.3, -0.25) is 9.69 Å². The van der Waals surface area contributed by atoms with Crippen molar-refractivity contribution in [3.8, 4) is 0 Å². The Kier molecular flexibility index (Phi) is 5.72. The topological polar surface area (TPSA) is 85.1 Å². The van der Waals surface area contributed by atoms with Crippen LogP contribution in [-0.4, -0.2) is 76.5 Å². The summed E-state index contributed by atoms with van der Waals surface area (Å²) >= 11 is 0. The second-order valence-corrected chi connectivity index (χ2v) is 7.42. The van der Waals surface area contributed by atoms with Crippen LogP contribution in [0.15, 0.2) is 6.07 Å². The molecule has 0 aromatic carbocycles. The molecule has 0 spiro atoms. The van der Waals surface area contributed by atoms with Crippen LogP contribution in [0.4, 0.5) is 5.82 Å². The van der Waals surface area contributed by atoms with E-state index in [1.807, 2.05) is 18.4 Å². The summed E-state index contributed by atoms with van der Waals surface area (Å²) in [7, 11) is 0. The lowest BCUT2D eigenvalue weighted by atomic mass is 9.98. The number of morpholine rings is 1. The van der Waals surface area contributed by atoms with Crippen molar-refractivity contribution in [1.29, 1.82) is 0 Å². The van der Waals surface area contributed by atoms with Crippen molar-refractivity contribution in [2.45, 2.75) is 33.2 Å². The van der Waals surface area contributed by atoms with Crippen molar-refractivity contribution in [3.63, 3.8) is 0 Å². The number of carbonyl (C=O) groups excluding carboxylic acids is 1. The second kappa shape index (κ2) is 8.40. The van der Waals surface area contributed by atoms with Gasteiger partial charge in [0.1, 0.15) is 5.82 Å². The summed E-state index contributed by atoms with van der Waals surface area (Å²) in [6.07, 6.45) is 1.86. The minimum Gasteiger partial charge on any atom is -0.466 e. The number of nitrogens with zero attached hydrogens (tertiary/aromatic N) is 6. The standard InChI is InChI=1S/C19H28N6O3/c1-3-28-18(26)15-5-4-6-23(12-15)13-16-21-19-20-14(2)11-17(25(19)22-16)24-7-9-27-10-8-24/h11,15H,3-10,12-13H2,1-2H3. The number of aromatic nitrogens is 4. The molecule has 1 unspecified atom stereocenters. The van der Waals surface area contributed by atoms with Crippen LogP contribution in [0.5, 0.6) is 0 Å². The Morgan fingerprint density at radius 1 is 1.29 bits per heavy atom. The predicted molar refractivity (Wildman–Crippen MR) is 103 cm³/mol. The molecule has 4 heterocycles. The van der Waals surface area contributed by atoms with E-state index >= 15 is 0 Å². The number of anilines is 1. The number of carbonyl (C=O) groups is 1. The van der Waals surface area contributed by atoms with Gasteiger partial charge in [0.05, 0.1) is 32.3 Å². The lowest BCUT2D eigenvalue weighted by Crippen LogP contribution is -2.39. The van der Waals surface area contributed by atoms with E-state index in [-0.39, 0.29) is 11.9 Å². The zero-order valence-corrected chi connectivity index (χ0v) is 16.6. The van der Waals surface area contributed by atoms with Crippen LogP contribution in [0.1, 0.15) is 31.3 Å². The first-order valence-corrected chi connectivity index (χ1v) is 10.1. The fraction of sp³-hybridized carbons (Fsp3) is 0.684. The van der Waals surface area contributed by atoms with Gasteiger partial charge in [-0.25, -0.2) is 4.98 Å². The molecule has 9 heteroatoms. The van der Waals surface area contributed by atoms with Gasteiger partial charge in [-0.1, -0.05) is 0 Å². The van der Waals surface area contributed by atoms with E-state index in [1.54, 1.807) is 0 Å². The van der Waals surface area contributed by atoms with E-state index in [4.69, 9.17) is 14.6 Å². The highest BCUT2D eigenvalue weighted by atomic mass is 16.5. The fourth-order valence-electron chi connectivity index (χ4n) is 3.95. The Bertz CT molecular complexity index is 832. The Balaban J connectivity index is 1.52. The normalized spacial score (nSPS) is 21.2. The third kappa shape index (κ3) is 4.10. The number of likely N-dealkylation sites (tertiary alicyclic amines) is 1. The molecule has 4 rings (SSSR count). The Hall–Kier alpha value is -2.26. The van der Waals surface area contributed by atoms with Gasteiger partial charge in [0.25, 0.3) is 5.78 Å². The van der Waals surface area contributed by atoms with Crippen LogP contribution in [-0.2, 0) is 20.8 Å². The van der Waals surface area contributed by atoms with Gasteiger partial charge in [-0.2, -0.15) is 9.50 Å². The highest BCUT2D eigenvalue weighted by molar-refractivity contribution is 5.72. The highest BCUT2D eigenvalue weighted by Gasteiger charge is 2.28. The number of esters is 1. The monoisotopic (exact) mass is 388 g/mol. The number of hydrogen-bond acceptors (Lipinski definition) is 8. The average molecular weight is 388 g/mol. The second-order valence-electron chi connectivity index (χ2n) is 7.42. The van der Waals surface area contributed by atoms with E-state index in [2.05, 4.69) is 25.8 Å². The molecule has 0 radical (unpaired) electrons. The van der Waals surface area contributed by atoms with Crippen molar-refractivity contribution >= 4 is 17.6 Å². The van der Waals surface area contributed by atoms with E-state index < -0.39 is 0 Å². The van der Waals surface area contributed by atoms with E-state index in [0.717, 1.165) is 49.8 Å². The molecule has 2 aromatic heterocycles. The van der Waals surface area contributed by atoms with Gasteiger partial charge < -0.3 is 14.4 Å². The molecule has 0 amide bonds. The van der Waals surface area contributed by atoms with Crippen LogP contribution in [0.2, 0.25) is 0 Å². The number of hydrogen-bond donors (Lipinski definition) is 0. The van der Waals surface area contributed by atoms with Crippen LogP contribution in [0.3, 0.4) is 0 Å². The van der Waals surface area contributed by atoms with Gasteiger partial charge in [-0.05, 0) is 33.2 Å². The maximum Gasteiger partial charge on any atom is 0.310 e. The number of ether oxygens (including phenoxy) is 2. The summed E-state index contributed by atoms with van der Waals surface area (Å²) in [4.78, 5) is 25.8. The highest BCUT2D eigenvalue weighted by Crippen LogP contribution is 2.21. The number of fused-ring (bicyclic) bond motifs is 1. The first-order valence-electron chi connectivity index (χ1n) is 10.1. The third-order valence-electron chi connectivity index (χ3n) is 5.29. The molecule has 0 aliphatic carbocycles. The molecule has 0 N–H and O–H groups in total. The Morgan fingerprint density at radius 3 is 2.89 bits per heavy atom. The average Bonchev–Trinajstić information content (AvgIpc) is 3.10. The van der Waals surface area contributed by atoms with Crippen molar-refractivity contribution in [1.82, 2.24) is 24.5 Å². The van der Waals surface area contributed by atoms with Crippen molar-refractivity contribution in [2.24, 2.45) is 5.92 Å². The van der Waals surface area contributed by atoms with E-state index in [9.17, 15) is 4.79 Å². The Labute approximate surface area is 164 Å². The zero-order chi connectivity index (χ0) is 19.5. The summed E-state index contributed by atoms with van der Waals surface area (Å²) in [5.74, 6) is 2.21. The van der Waals surface area contributed by atoms with Crippen molar-refractivity contribution < 1.29 is 14.3 Å². The number of rotatable bonds is 5. The SMILES string of the molecule is CCOC(=O)C1CCCN(Cc2nc3nc(C)cc(N4CCOCC4)n3n2)C1. The molecule has 28 heavy (non-hydrogen) atoms. The maximum atomic E-state index is 12.1. The van der Waals surface area contributed by atoms with Crippen molar-refractivity contribution in [3.05, 3.63) is 17.6 Å². The number of piperidine rings is 1. The summed E-state index contributed by atoms with van der Waals surface area (Å²) in [5, 5.41) is 4.73. The smallest absolute Gasteiger partial charge is 0.310 e. The quantitative estimate of drug-likeness (QED) is 0.703. The van der Waals surface area contributed by atoms with Crippen LogP contribution in [0.25, 0.3) is 5.78 Å². The van der Waals surface area contributed by atoms with Crippen LogP contribution in [0, 0.1) is 12.8 Å². The van der Waals surface area contributed by atoms with E-state index in [0.29, 0.717) is 38.7 Å². The summed E-state index contributed by atoms with van der Waals surface area (Å²) in [5.41, 5.74) is 0.924. The molecular weight excluding hydrogens is 360 g/mol. The van der Waals surface area contributed by atoms with Crippen LogP contribution < -0.4 is 4.90 Å². The predicted octanol–water partition coefficient (Wildman–Crippen LogP) is 1.04. The minimum atomic E-state index is -0.0953. The van der Waals surface area contributed by atoms with Crippen LogP contribution >= 0.6 is 0 Å². The van der Waals surface area contributed by atoms with Gasteiger partial charge in [-0.15, -0.1) is 5.10 Å². The molecule has 2 saturated heterocycles. The molecule has 2 fully saturated rings. The summed E-state index contributed by atoms with van der Waals surface area (Å²) in [6.45, 7) is 9.60. The summed E-state index contributed by atoms with van der Waals surface area (Å²) < 4.78 is 12.5. The fourth-order valence-corrected chi connectivity index (χ4v) is 3.95. The molecular formula is C19H28N6O3. The lowest BCUT2D eigenvalue weighted by molar-refractivity contribution is -0.150. The van der Waals surface area contributed by atoms with Gasteiger partial charge in [0, 0.05) is 31.4 Å². The number of aryl methyl sites for hydroxylation is 1. The van der Waals surface area contributed by atoms with Gasteiger partial charge in [0.2, 0.25) is 0 Å². The molecule has 0 saturated carbocycles. The van der Waals surface area contributed by atoms with Crippen molar-refractivity contribution in [2.75, 3.05) is 50.9 Å². The zero-order valence-electron chi connectivity index (χ0n) is 16.6. The minimum absolute atomic E-state index is 0.0602. The molecule has 9 nitrogen and oxygen atoms in total. The molecule has 152 valence electrons. The lowest BCUT2D eigenvalue weighted by Gasteiger charge is -2.30. The molecule has 2 aliphatic heterocycles. The largest absolute Gasteiger partial charge is 0.466 e. The van der Waals surface area contributed by atoms with Gasteiger partial charge >= 0.3 is 5.97 Å². The molecule has 0 bridgehead atoms. The van der Waals surface area contributed by atoms with E-state index in [1.165, 1.54) is 0 Å². The maximum absolute atomic E-state index is 12.1. The molecule has 2 aromatic rings. The molecule has 1 atom stereocenters. The third-order valence-corrected chi connectivity index (χ3v) is 5.29. The first kappa shape index (κ1) is 19.1. The first-order chi connectivity index (χ1) is 13.6. The van der Waals surface area contributed by atoms with Gasteiger partial charge in [0.15, 0.2) is 5.82 Å². The Morgan fingerprint density at radius 2 is 2.11 bits per heavy atom.